The minimum Gasteiger partial charge on any atom is -0.497 e. The quantitative estimate of drug-likeness (QED) is 0.0340. The van der Waals surface area contributed by atoms with Gasteiger partial charge in [0, 0.05) is 139 Å². The van der Waals surface area contributed by atoms with E-state index in [4.69, 9.17) is 39.3 Å². The summed E-state index contributed by atoms with van der Waals surface area (Å²) in [6.45, 7) is -0.298. The molecule has 0 bridgehead atoms. The average Bonchev–Trinajstić information content (AvgIpc) is 1.63. The van der Waals surface area contributed by atoms with Gasteiger partial charge in [-0.05, 0) is 72.8 Å². The van der Waals surface area contributed by atoms with Crippen molar-refractivity contribution in [3.05, 3.63) is 187 Å². The Morgan fingerprint density at radius 2 is 0.946 bits per heavy atom. The monoisotopic (exact) mass is 1260 g/mol. The van der Waals surface area contributed by atoms with Gasteiger partial charge >= 0.3 is 11.4 Å². The van der Waals surface area contributed by atoms with Crippen LogP contribution >= 0.6 is 0 Å². The van der Waals surface area contributed by atoms with Crippen molar-refractivity contribution < 1.29 is 77.2 Å². The van der Waals surface area contributed by atoms with E-state index in [0.29, 0.717) is 68.2 Å². The number of methoxy groups -OCH3 is 6. The Labute approximate surface area is 523 Å². The molecule has 0 fully saturated rings. The number of rotatable bonds is 14. The van der Waals surface area contributed by atoms with E-state index in [1.165, 1.54) is 39.5 Å². The van der Waals surface area contributed by atoms with Crippen molar-refractivity contribution in [2.45, 2.75) is 13.2 Å². The number of nitrogens with one attached hydrogen (secondary N) is 1. The molecule has 5 N–H and O–H groups in total. The third-order valence-electron chi connectivity index (χ3n) is 14.9. The van der Waals surface area contributed by atoms with E-state index in [-0.39, 0.29) is 70.1 Å². The maximum absolute atomic E-state index is 11.9. The fraction of sp³-hybridized carbons (Fsp3) is 0.200. The summed E-state index contributed by atoms with van der Waals surface area (Å²) in [6.07, 6.45) is 14.2. The lowest BCUT2D eigenvalue weighted by molar-refractivity contribution is -0.384. The van der Waals surface area contributed by atoms with Crippen LogP contribution in [0.25, 0.3) is 54.5 Å². The second-order valence-corrected chi connectivity index (χ2v) is 20.2. The number of nitrogens with two attached hydrogens (primary N) is 1. The zero-order chi connectivity index (χ0) is 67.4. The number of hydrogen-bond donors (Lipinski definition) is 4. The fourth-order valence-corrected chi connectivity index (χ4v) is 10.6. The lowest BCUT2D eigenvalue weighted by Crippen LogP contribution is -2.19. The number of ketones is 2. The molecule has 0 saturated carbocycles. The van der Waals surface area contributed by atoms with Gasteiger partial charge in [0.2, 0.25) is 11.6 Å². The van der Waals surface area contributed by atoms with Crippen LogP contribution in [0.1, 0.15) is 73.4 Å². The number of aryl methyl sites for hydroxylation is 5. The van der Waals surface area contributed by atoms with E-state index in [0.717, 1.165) is 62.3 Å². The number of benzene rings is 5. The third-order valence-corrected chi connectivity index (χ3v) is 14.9. The first-order valence-corrected chi connectivity index (χ1v) is 27.4. The van der Waals surface area contributed by atoms with E-state index < -0.39 is 9.85 Å². The molecule has 5 aromatic carbocycles. The third kappa shape index (κ3) is 13.4. The van der Waals surface area contributed by atoms with E-state index in [2.05, 4.69) is 4.98 Å². The molecule has 0 saturated heterocycles. The normalized spacial score (nSPS) is 11.2. The van der Waals surface area contributed by atoms with Crippen LogP contribution in [-0.2, 0) is 53.2 Å². The number of hydrogen-bond acceptors (Lipinski definition) is 19. The maximum atomic E-state index is 11.9. The van der Waals surface area contributed by atoms with E-state index >= 15 is 0 Å². The van der Waals surface area contributed by atoms with Gasteiger partial charge in [-0.25, -0.2) is 0 Å². The molecule has 0 spiro atoms. The molecule has 0 aliphatic heterocycles. The molecule has 92 heavy (non-hydrogen) atoms. The van der Waals surface area contributed by atoms with Gasteiger partial charge in [0.05, 0.1) is 104 Å². The number of aliphatic hydroxyl groups is 2. The number of aldehydes is 4. The molecule has 0 amide bonds. The van der Waals surface area contributed by atoms with Gasteiger partial charge in [-0.2, -0.15) is 0 Å². The van der Waals surface area contributed by atoms with Crippen molar-refractivity contribution in [1.82, 2.24) is 27.8 Å². The summed E-state index contributed by atoms with van der Waals surface area (Å²) in [7, 11) is 17.8. The fourth-order valence-electron chi connectivity index (χ4n) is 10.6. The number of ether oxygens (including phenoxy) is 6. The van der Waals surface area contributed by atoms with Gasteiger partial charge in [-0.1, -0.05) is 0 Å². The number of Topliss-reactive ketones (excluding diaryl/α,β-unsaturated/α-hetero) is 1. The number of nitrogens with zero attached hydrogens (tertiary/aromatic N) is 7. The topological polar surface area (TPSA) is 351 Å². The molecule has 0 unspecified atom stereocenters. The molecular weight excluding hydrogens is 1190 g/mol. The minimum atomic E-state index is -0.534. The van der Waals surface area contributed by atoms with Crippen LogP contribution in [0.2, 0.25) is 0 Å². The second kappa shape index (κ2) is 29.4. The van der Waals surface area contributed by atoms with Crippen LogP contribution < -0.4 is 29.4 Å². The molecule has 478 valence electrons. The standard InChI is InChI=1S/2C11H10N2O4.C11H14N2O2.C11H11NO4.C11H11NO2.C10H9NO2/c2*1-12-5-7(6-14)10-8(12)3-4-9(17-2)11(10)13(15)16;1-13-5-7(6-14)10-8(13)3-4-9(15-2)11(10)12;1-12-4-6(5-13)9-10(12)7(14)3-8(16-2)11(9)15;1-12-6-8(7-13)10-5-9(14-2)3-4-11(10)12;1-13-8-2-3-10-9(4-8)7(6-12)5-11-10/h2*3-6H,1-2H3;3-5,14H,6,12H2,1-2H3;3-4,13H,5H2,1-2H3;3-7H,1-2H3;2-6,11H,1H3. The Balaban J connectivity index is 0.000000157. The summed E-state index contributed by atoms with van der Waals surface area (Å²) in [6, 6.07) is 21.5. The van der Waals surface area contributed by atoms with Gasteiger partial charge in [-0.15, -0.1) is 0 Å². The number of aliphatic hydroxyl groups excluding tert-OH is 2. The molecular formula is C65H65N9O18. The van der Waals surface area contributed by atoms with Gasteiger partial charge in [0.1, 0.15) is 22.9 Å². The van der Waals surface area contributed by atoms with Crippen molar-refractivity contribution in [3.8, 4) is 28.7 Å². The number of aromatic nitrogens is 6. The van der Waals surface area contributed by atoms with Crippen molar-refractivity contribution >= 4 is 108 Å². The number of H-pyrrole nitrogens is 1. The first kappa shape index (κ1) is 67.7. The predicted molar refractivity (Wildman–Crippen MR) is 343 cm³/mol. The highest BCUT2D eigenvalue weighted by Crippen LogP contribution is 2.39. The van der Waals surface area contributed by atoms with Gasteiger partial charge in [-0.3, -0.25) is 49.0 Å². The first-order valence-electron chi connectivity index (χ1n) is 27.4. The number of nitro groups is 2. The Morgan fingerprint density at radius 3 is 1.41 bits per heavy atom. The first-order chi connectivity index (χ1) is 44.1. The number of fused-ring (bicyclic) bond motifs is 6. The highest BCUT2D eigenvalue weighted by molar-refractivity contribution is 6.24. The minimum absolute atomic E-state index is 0.0124. The highest BCUT2D eigenvalue weighted by atomic mass is 16.6. The van der Waals surface area contributed by atoms with Crippen LogP contribution in [0, 0.1) is 20.2 Å². The number of nitrogen functional groups attached to an aromatic ring is 1. The van der Waals surface area contributed by atoms with Crippen LogP contribution in [0.3, 0.4) is 0 Å². The SMILES string of the molecule is COC1=CC(=O)c2c(c(CO)cn2C)C1=O.COc1ccc2[nH]cc(C=O)c2c1.COc1ccc2c(c(C=O)cn2C)c1[N+](=O)[O-].COc1ccc2c(c(C=O)cn2C)c1[N+](=O)[O-].COc1ccc2c(c(CO)cn2C)c1N.COc1ccc2c(c1)c(C=O)cn2C. The van der Waals surface area contributed by atoms with Gasteiger partial charge in [0.25, 0.3) is 0 Å². The molecule has 27 nitrogen and oxygen atoms in total. The lowest BCUT2D eigenvalue weighted by atomic mass is 9.97. The number of anilines is 1. The zero-order valence-electron chi connectivity index (χ0n) is 51.8. The molecule has 1 aliphatic carbocycles. The van der Waals surface area contributed by atoms with Crippen molar-refractivity contribution in [3.63, 3.8) is 0 Å². The smallest absolute Gasteiger partial charge is 0.320 e. The highest BCUT2D eigenvalue weighted by Gasteiger charge is 2.32. The number of aromatic amines is 1. The molecule has 12 rings (SSSR count). The summed E-state index contributed by atoms with van der Waals surface area (Å²) >= 11 is 0. The summed E-state index contributed by atoms with van der Waals surface area (Å²) in [5.41, 5.74) is 14.2. The largest absolute Gasteiger partial charge is 0.497 e. The Kier molecular flexibility index (Phi) is 21.7. The van der Waals surface area contributed by atoms with Crippen LogP contribution in [0.4, 0.5) is 17.1 Å². The Hall–Kier alpha value is -11.8. The van der Waals surface area contributed by atoms with Crippen LogP contribution in [0.15, 0.2) is 122 Å². The van der Waals surface area contributed by atoms with E-state index in [1.807, 2.05) is 84.2 Å². The summed E-state index contributed by atoms with van der Waals surface area (Å²) in [5.74, 6) is 1.84. The van der Waals surface area contributed by atoms with Crippen molar-refractivity contribution in [2.75, 3.05) is 48.4 Å². The van der Waals surface area contributed by atoms with Crippen molar-refractivity contribution in [2.24, 2.45) is 35.2 Å². The summed E-state index contributed by atoms with van der Waals surface area (Å²) in [5, 5.41) is 43.8. The number of carbonyl (C=O) groups excluding carboxylic acids is 6. The number of allylic oxidation sites excluding steroid dienone is 2. The molecule has 1 aliphatic rings. The van der Waals surface area contributed by atoms with Crippen LogP contribution in [0.5, 0.6) is 28.7 Å². The molecule has 27 heteroatoms. The predicted octanol–water partition coefficient (Wildman–Crippen LogP) is 9.49. The van der Waals surface area contributed by atoms with E-state index in [1.54, 1.807) is 93.1 Å². The van der Waals surface area contributed by atoms with Crippen molar-refractivity contribution in [1.29, 1.82) is 0 Å². The molecule has 6 heterocycles. The van der Waals surface area contributed by atoms with Gasteiger partial charge in [0.15, 0.2) is 42.4 Å². The molecule has 0 radical (unpaired) electrons. The number of carbonyl (C=O) groups is 6. The molecule has 0 atom stereocenters. The van der Waals surface area contributed by atoms with Gasteiger partial charge < -0.3 is 72.2 Å². The van der Waals surface area contributed by atoms with Crippen LogP contribution in [-0.4, -0.2) is 127 Å². The Bertz CT molecular complexity index is 4580. The number of nitro benzene ring substituents is 2. The second-order valence-electron chi connectivity index (χ2n) is 20.2. The maximum Gasteiger partial charge on any atom is 0.320 e. The summed E-state index contributed by atoms with van der Waals surface area (Å²) in [4.78, 5) is 91.0. The summed E-state index contributed by atoms with van der Waals surface area (Å²) < 4.78 is 38.8. The lowest BCUT2D eigenvalue weighted by Gasteiger charge is -2.12. The molecule has 6 aromatic heterocycles. The average molecular weight is 1260 g/mol. The zero-order valence-corrected chi connectivity index (χ0v) is 51.8. The Morgan fingerprint density at radius 1 is 0.511 bits per heavy atom. The van der Waals surface area contributed by atoms with E-state index in [9.17, 15) is 54.1 Å². The molecule has 11 aromatic rings.